The van der Waals surface area contributed by atoms with Crippen LogP contribution in [-0.2, 0) is 4.79 Å². The minimum Gasteiger partial charge on any atom is -0.483 e. The highest BCUT2D eigenvalue weighted by Gasteiger charge is 2.24. The standard InChI is InChI=1S/C20H22Cl2N6.CH2O2/c1-11-7-17-18(26-13-6-5-12(23)8-13)14(9-25-28(17)10-11)20(24)27-19-15(21)3-2-4-16(19)22;2-1-3/h2-4,7,9-10,12-13,26H,5-6,8,23H2,1H3,(H2,24,27);1H,(H,2,3)/t12-,13+;/m0./s1. The van der Waals surface area contributed by atoms with Crippen LogP contribution in [-0.4, -0.2) is 39.1 Å². The van der Waals surface area contributed by atoms with Gasteiger partial charge in [0.1, 0.15) is 11.5 Å². The van der Waals surface area contributed by atoms with Gasteiger partial charge in [-0.2, -0.15) is 5.10 Å². The Morgan fingerprint density at radius 1 is 1.35 bits per heavy atom. The Morgan fingerprint density at radius 3 is 2.65 bits per heavy atom. The van der Waals surface area contributed by atoms with E-state index in [-0.39, 0.29) is 18.6 Å². The number of nitrogens with one attached hydrogen (secondary N) is 1. The molecule has 31 heavy (non-hydrogen) atoms. The third-order valence-corrected chi connectivity index (χ3v) is 5.65. The van der Waals surface area contributed by atoms with Crippen molar-refractivity contribution in [2.24, 2.45) is 16.5 Å². The average molecular weight is 463 g/mol. The first-order chi connectivity index (χ1) is 14.8. The van der Waals surface area contributed by atoms with E-state index in [1.807, 2.05) is 17.6 Å². The van der Waals surface area contributed by atoms with Crippen molar-refractivity contribution in [3.05, 3.63) is 57.8 Å². The van der Waals surface area contributed by atoms with Gasteiger partial charge in [0.25, 0.3) is 6.47 Å². The molecule has 1 saturated carbocycles. The third kappa shape index (κ3) is 5.28. The number of nitrogens with two attached hydrogens (primary N) is 2. The molecule has 0 saturated heterocycles. The number of carbonyl (C=O) groups is 1. The lowest BCUT2D eigenvalue weighted by atomic mass is 10.1. The lowest BCUT2D eigenvalue weighted by Gasteiger charge is -2.18. The molecule has 1 fully saturated rings. The van der Waals surface area contributed by atoms with E-state index < -0.39 is 0 Å². The predicted octanol–water partition coefficient (Wildman–Crippen LogP) is 3.98. The summed E-state index contributed by atoms with van der Waals surface area (Å²) in [6.45, 7) is 1.78. The Kier molecular flexibility index (Phi) is 7.37. The number of hydrogen-bond acceptors (Lipinski definition) is 5. The molecule has 2 heterocycles. The van der Waals surface area contributed by atoms with Gasteiger partial charge in [-0.1, -0.05) is 29.3 Å². The van der Waals surface area contributed by atoms with E-state index >= 15 is 0 Å². The lowest BCUT2D eigenvalue weighted by molar-refractivity contribution is -0.122. The molecule has 10 heteroatoms. The van der Waals surface area contributed by atoms with Crippen molar-refractivity contribution in [3.8, 4) is 0 Å². The zero-order valence-corrected chi connectivity index (χ0v) is 18.4. The van der Waals surface area contributed by atoms with Crippen LogP contribution in [0, 0.1) is 6.92 Å². The lowest BCUT2D eigenvalue weighted by Crippen LogP contribution is -2.24. The van der Waals surface area contributed by atoms with Crippen molar-refractivity contribution < 1.29 is 9.90 Å². The Balaban J connectivity index is 0.000000858. The minimum atomic E-state index is -0.250. The highest BCUT2D eigenvalue weighted by Crippen LogP contribution is 2.34. The van der Waals surface area contributed by atoms with Gasteiger partial charge in [0.2, 0.25) is 0 Å². The van der Waals surface area contributed by atoms with Crippen LogP contribution in [0.5, 0.6) is 0 Å². The van der Waals surface area contributed by atoms with Crippen molar-refractivity contribution in [2.75, 3.05) is 5.32 Å². The smallest absolute Gasteiger partial charge is 0.290 e. The highest BCUT2D eigenvalue weighted by atomic mass is 35.5. The van der Waals surface area contributed by atoms with Crippen molar-refractivity contribution in [2.45, 2.75) is 38.3 Å². The molecule has 4 rings (SSSR count). The molecule has 0 aliphatic heterocycles. The number of benzene rings is 1. The van der Waals surface area contributed by atoms with Gasteiger partial charge < -0.3 is 21.9 Å². The molecule has 0 radical (unpaired) electrons. The fourth-order valence-electron chi connectivity index (χ4n) is 3.66. The fourth-order valence-corrected chi connectivity index (χ4v) is 4.14. The normalized spacial score (nSPS) is 18.5. The SMILES string of the molecule is Cc1cc2c(N[C@@H]3CC[C@H](N)C3)c(C(N)=Nc3c(Cl)cccc3Cl)cnn2c1.O=CO. The fraction of sp³-hybridized carbons (Fsp3) is 0.286. The number of fused-ring (bicyclic) bond motifs is 1. The van der Waals surface area contributed by atoms with Crippen LogP contribution >= 0.6 is 23.2 Å². The van der Waals surface area contributed by atoms with Gasteiger partial charge in [-0.3, -0.25) is 4.79 Å². The molecule has 164 valence electrons. The van der Waals surface area contributed by atoms with Gasteiger partial charge in [0, 0.05) is 18.3 Å². The van der Waals surface area contributed by atoms with Crippen LogP contribution in [0.25, 0.3) is 5.52 Å². The molecule has 0 spiro atoms. The van der Waals surface area contributed by atoms with Gasteiger partial charge in [-0.15, -0.1) is 0 Å². The molecule has 3 aromatic rings. The molecule has 1 aliphatic carbocycles. The first kappa shape index (κ1) is 22.9. The Labute approximate surface area is 189 Å². The first-order valence-electron chi connectivity index (χ1n) is 9.70. The first-order valence-corrected chi connectivity index (χ1v) is 10.5. The monoisotopic (exact) mass is 462 g/mol. The third-order valence-electron chi connectivity index (χ3n) is 5.04. The van der Waals surface area contributed by atoms with E-state index in [1.54, 1.807) is 24.4 Å². The highest BCUT2D eigenvalue weighted by molar-refractivity contribution is 6.39. The van der Waals surface area contributed by atoms with Crippen LogP contribution in [0.2, 0.25) is 10.0 Å². The van der Waals surface area contributed by atoms with E-state index in [9.17, 15) is 0 Å². The molecule has 6 N–H and O–H groups in total. The van der Waals surface area contributed by atoms with Gasteiger partial charge >= 0.3 is 0 Å². The van der Waals surface area contributed by atoms with Crippen LogP contribution < -0.4 is 16.8 Å². The molecule has 2 aromatic heterocycles. The number of halogens is 2. The number of nitrogens with zero attached hydrogens (tertiary/aromatic N) is 3. The molecular formula is C21H24Cl2N6O2. The van der Waals surface area contributed by atoms with Crippen LogP contribution in [0.4, 0.5) is 11.4 Å². The zero-order chi connectivity index (χ0) is 22.5. The van der Waals surface area contributed by atoms with Crippen molar-refractivity contribution >= 4 is 52.4 Å². The predicted molar refractivity (Wildman–Crippen MR) is 125 cm³/mol. The van der Waals surface area contributed by atoms with Crippen molar-refractivity contribution in [1.82, 2.24) is 9.61 Å². The summed E-state index contributed by atoms with van der Waals surface area (Å²) < 4.78 is 1.84. The summed E-state index contributed by atoms with van der Waals surface area (Å²) in [6.07, 6.45) is 6.63. The maximum absolute atomic E-state index is 8.36. The number of carboxylic acid groups (broad SMARTS) is 1. The zero-order valence-electron chi connectivity index (χ0n) is 16.9. The van der Waals surface area contributed by atoms with Gasteiger partial charge in [0.15, 0.2) is 0 Å². The number of para-hydroxylation sites is 1. The van der Waals surface area contributed by atoms with E-state index in [0.29, 0.717) is 27.1 Å². The molecule has 0 unspecified atom stereocenters. The molecule has 2 atom stereocenters. The number of hydrogen-bond donors (Lipinski definition) is 4. The summed E-state index contributed by atoms with van der Waals surface area (Å²) >= 11 is 12.5. The second-order valence-electron chi connectivity index (χ2n) is 7.37. The quantitative estimate of drug-likeness (QED) is 0.263. The summed E-state index contributed by atoms with van der Waals surface area (Å²) in [7, 11) is 0. The van der Waals surface area contributed by atoms with E-state index in [2.05, 4.69) is 21.5 Å². The summed E-state index contributed by atoms with van der Waals surface area (Å²) in [5, 5.41) is 15.9. The Hall–Kier alpha value is -2.81. The second kappa shape index (κ2) is 10.00. The molecule has 1 aromatic carbocycles. The van der Waals surface area contributed by atoms with Crippen LogP contribution in [0.15, 0.2) is 41.7 Å². The molecule has 0 bridgehead atoms. The van der Waals surface area contributed by atoms with E-state index in [4.69, 9.17) is 44.6 Å². The largest absolute Gasteiger partial charge is 0.483 e. The summed E-state index contributed by atoms with van der Waals surface area (Å²) in [5.74, 6) is 0.300. The summed E-state index contributed by atoms with van der Waals surface area (Å²) in [5.41, 5.74) is 16.6. The molecular weight excluding hydrogens is 439 g/mol. The maximum Gasteiger partial charge on any atom is 0.290 e. The summed E-state index contributed by atoms with van der Waals surface area (Å²) in [4.78, 5) is 12.9. The van der Waals surface area contributed by atoms with Crippen LogP contribution in [0.3, 0.4) is 0 Å². The topological polar surface area (TPSA) is 131 Å². The van der Waals surface area contributed by atoms with Crippen molar-refractivity contribution in [3.63, 3.8) is 0 Å². The molecule has 1 aliphatic rings. The van der Waals surface area contributed by atoms with Gasteiger partial charge in [-0.25, -0.2) is 9.51 Å². The van der Waals surface area contributed by atoms with Crippen molar-refractivity contribution in [1.29, 1.82) is 0 Å². The summed E-state index contributed by atoms with van der Waals surface area (Å²) in [6, 6.07) is 7.82. The molecule has 0 amide bonds. The Bertz CT molecular complexity index is 1090. The minimum absolute atomic E-state index is 0.222. The maximum atomic E-state index is 8.36. The molecule has 8 nitrogen and oxygen atoms in total. The van der Waals surface area contributed by atoms with Gasteiger partial charge in [-0.05, 0) is 49.9 Å². The number of anilines is 1. The average Bonchev–Trinajstić information content (AvgIpc) is 3.30. The number of amidine groups is 1. The number of rotatable bonds is 4. The Morgan fingerprint density at radius 2 is 2.03 bits per heavy atom. The van der Waals surface area contributed by atoms with Crippen LogP contribution in [0.1, 0.15) is 30.4 Å². The van der Waals surface area contributed by atoms with E-state index in [0.717, 1.165) is 36.0 Å². The second-order valence-corrected chi connectivity index (χ2v) is 8.18. The number of aliphatic imine (C=N–C) groups is 1. The van der Waals surface area contributed by atoms with E-state index in [1.165, 1.54) is 0 Å². The van der Waals surface area contributed by atoms with Gasteiger partial charge in [0.05, 0.1) is 33.0 Å². The number of aryl methyl sites for hydroxylation is 1. The number of aromatic nitrogens is 2.